The number of amides is 2. The van der Waals surface area contributed by atoms with Gasteiger partial charge in [-0.3, -0.25) is 9.88 Å². The highest BCUT2D eigenvalue weighted by molar-refractivity contribution is 6.41. The summed E-state index contributed by atoms with van der Waals surface area (Å²) in [5, 5.41) is 6.19. The van der Waals surface area contributed by atoms with E-state index in [-0.39, 0.29) is 22.3 Å². The number of anilines is 4. The Kier molecular flexibility index (Phi) is 8.04. The number of carbonyl (C=O) groups excluding carboxylic acids is 1. The highest BCUT2D eigenvalue weighted by Crippen LogP contribution is 2.44. The monoisotopic (exact) mass is 523 g/mol. The number of methoxy groups -OCH3 is 2. The van der Waals surface area contributed by atoms with Gasteiger partial charge in [0.25, 0.3) is 0 Å². The molecule has 36 heavy (non-hydrogen) atoms. The highest BCUT2D eigenvalue weighted by Gasteiger charge is 2.24. The van der Waals surface area contributed by atoms with Gasteiger partial charge in [0.15, 0.2) is 0 Å². The molecule has 2 amide bonds. The molecule has 9 nitrogen and oxygen atoms in total. The molecule has 0 spiro atoms. The first-order valence-electron chi connectivity index (χ1n) is 10.6. The van der Waals surface area contributed by atoms with Crippen LogP contribution in [0.4, 0.5) is 27.8 Å². The number of hydrogen-bond donors (Lipinski definition) is 2. The molecule has 0 aliphatic heterocycles. The molecule has 2 aromatic carbocycles. The molecule has 0 saturated carbocycles. The summed E-state index contributed by atoms with van der Waals surface area (Å²) in [6.07, 6.45) is 4.65. The molecule has 0 saturated heterocycles. The Morgan fingerprint density at radius 1 is 1.03 bits per heavy atom. The lowest BCUT2D eigenvalue weighted by atomic mass is 10.2. The van der Waals surface area contributed by atoms with E-state index in [0.717, 1.165) is 5.56 Å². The van der Waals surface area contributed by atoms with E-state index >= 15 is 0 Å². The van der Waals surface area contributed by atoms with Crippen LogP contribution in [0.25, 0.3) is 0 Å². The number of carbonyl (C=O) groups is 1. The SMILES string of the molecule is COc1cc(OC)c(Cl)c(NC(=O)N(Cc2ccncc2)c2cc(Nc3[c]cccc3)ncn2)c1Cl. The number of benzene rings is 2. The van der Waals surface area contributed by atoms with Crippen LogP contribution in [-0.2, 0) is 6.54 Å². The van der Waals surface area contributed by atoms with Crippen molar-refractivity contribution in [3.63, 3.8) is 0 Å². The number of ether oxygens (including phenoxy) is 2. The van der Waals surface area contributed by atoms with Gasteiger partial charge in [-0.15, -0.1) is 0 Å². The van der Waals surface area contributed by atoms with Gasteiger partial charge in [-0.25, -0.2) is 14.8 Å². The smallest absolute Gasteiger partial charge is 0.327 e. The summed E-state index contributed by atoms with van der Waals surface area (Å²) < 4.78 is 10.6. The van der Waals surface area contributed by atoms with Crippen LogP contribution in [0.2, 0.25) is 10.0 Å². The maximum Gasteiger partial charge on any atom is 0.327 e. The summed E-state index contributed by atoms with van der Waals surface area (Å²) in [6, 6.07) is 16.7. The Balaban J connectivity index is 1.69. The first-order chi connectivity index (χ1) is 17.5. The summed E-state index contributed by atoms with van der Waals surface area (Å²) in [6.45, 7) is 0.179. The van der Waals surface area contributed by atoms with Gasteiger partial charge in [-0.1, -0.05) is 41.4 Å². The van der Waals surface area contributed by atoms with Crippen LogP contribution in [0, 0.1) is 6.07 Å². The number of nitrogens with one attached hydrogen (secondary N) is 2. The van der Waals surface area contributed by atoms with Crippen LogP contribution in [0.15, 0.2) is 67.3 Å². The van der Waals surface area contributed by atoms with Crippen LogP contribution in [-0.4, -0.2) is 35.2 Å². The number of nitrogens with zero attached hydrogens (tertiary/aromatic N) is 4. The minimum atomic E-state index is -0.540. The van der Waals surface area contributed by atoms with Crippen molar-refractivity contribution in [1.82, 2.24) is 15.0 Å². The van der Waals surface area contributed by atoms with Crippen molar-refractivity contribution in [2.75, 3.05) is 29.8 Å². The Morgan fingerprint density at radius 2 is 1.75 bits per heavy atom. The minimum Gasteiger partial charge on any atom is -0.495 e. The Morgan fingerprint density at radius 3 is 2.39 bits per heavy atom. The topological polar surface area (TPSA) is 102 Å². The van der Waals surface area contributed by atoms with Crippen LogP contribution >= 0.6 is 23.2 Å². The zero-order chi connectivity index (χ0) is 25.5. The number of urea groups is 1. The van der Waals surface area contributed by atoms with Crippen LogP contribution < -0.4 is 25.0 Å². The molecule has 4 aromatic rings. The van der Waals surface area contributed by atoms with Gasteiger partial charge in [-0.05, 0) is 23.8 Å². The third-order valence-electron chi connectivity index (χ3n) is 5.04. The van der Waals surface area contributed by atoms with Gasteiger partial charge in [0, 0.05) is 36.3 Å². The first kappa shape index (κ1) is 25.0. The van der Waals surface area contributed by atoms with Crippen molar-refractivity contribution in [2.45, 2.75) is 6.54 Å². The number of para-hydroxylation sites is 1. The second kappa shape index (κ2) is 11.6. The number of halogens is 2. The fourth-order valence-electron chi connectivity index (χ4n) is 3.27. The van der Waals surface area contributed by atoms with Gasteiger partial charge in [0.05, 0.1) is 26.5 Å². The molecule has 1 radical (unpaired) electrons. The number of pyridine rings is 1. The molecular weight excluding hydrogens is 503 g/mol. The molecular formula is C25H21Cl2N6O3. The maximum absolute atomic E-state index is 13.6. The van der Waals surface area contributed by atoms with Crippen molar-refractivity contribution in [1.29, 1.82) is 0 Å². The lowest BCUT2D eigenvalue weighted by Crippen LogP contribution is -2.35. The quantitative estimate of drug-likeness (QED) is 0.293. The van der Waals surface area contributed by atoms with Gasteiger partial charge in [0.2, 0.25) is 0 Å². The van der Waals surface area contributed by atoms with E-state index in [2.05, 4.69) is 31.7 Å². The van der Waals surface area contributed by atoms with E-state index in [0.29, 0.717) is 28.8 Å². The maximum atomic E-state index is 13.6. The highest BCUT2D eigenvalue weighted by atomic mass is 35.5. The minimum absolute atomic E-state index is 0.130. The average Bonchev–Trinajstić information content (AvgIpc) is 2.91. The summed E-state index contributed by atoms with van der Waals surface area (Å²) in [7, 11) is 2.91. The fraction of sp³-hybridized carbons (Fsp3) is 0.120. The van der Waals surface area contributed by atoms with Crippen molar-refractivity contribution in [2.24, 2.45) is 0 Å². The van der Waals surface area contributed by atoms with Crippen LogP contribution in [0.1, 0.15) is 5.56 Å². The normalized spacial score (nSPS) is 10.4. The lowest BCUT2D eigenvalue weighted by molar-refractivity contribution is 0.256. The zero-order valence-electron chi connectivity index (χ0n) is 19.3. The summed E-state index contributed by atoms with van der Waals surface area (Å²) >= 11 is 12.9. The van der Waals surface area contributed by atoms with E-state index in [4.69, 9.17) is 32.7 Å². The van der Waals surface area contributed by atoms with Gasteiger partial charge in [0.1, 0.15) is 39.5 Å². The number of hydrogen-bond acceptors (Lipinski definition) is 7. The van der Waals surface area contributed by atoms with Crippen molar-refractivity contribution >= 4 is 52.2 Å². The molecule has 2 heterocycles. The largest absolute Gasteiger partial charge is 0.495 e. The van der Waals surface area contributed by atoms with Gasteiger partial charge >= 0.3 is 6.03 Å². The molecule has 0 fully saturated rings. The molecule has 2 N–H and O–H groups in total. The molecule has 0 aliphatic rings. The third kappa shape index (κ3) is 5.76. The van der Waals surface area contributed by atoms with E-state index in [1.807, 2.05) is 18.2 Å². The predicted molar refractivity (Wildman–Crippen MR) is 140 cm³/mol. The molecule has 0 unspecified atom stereocenters. The summed E-state index contributed by atoms with van der Waals surface area (Å²) in [4.78, 5) is 27.7. The lowest BCUT2D eigenvalue weighted by Gasteiger charge is -2.24. The predicted octanol–water partition coefficient (Wildman–Crippen LogP) is 5.98. The second-order valence-electron chi connectivity index (χ2n) is 7.32. The summed E-state index contributed by atoms with van der Waals surface area (Å²) in [5.41, 5.74) is 1.69. The number of aromatic nitrogens is 3. The van der Waals surface area contributed by atoms with E-state index in [1.165, 1.54) is 31.5 Å². The molecule has 4 rings (SSSR count). The number of rotatable bonds is 8. The van der Waals surface area contributed by atoms with Crippen molar-refractivity contribution < 1.29 is 14.3 Å². The Labute approximate surface area is 218 Å². The van der Waals surface area contributed by atoms with Gasteiger partial charge < -0.3 is 20.1 Å². The van der Waals surface area contributed by atoms with E-state index < -0.39 is 6.03 Å². The third-order valence-corrected chi connectivity index (χ3v) is 5.79. The van der Waals surface area contributed by atoms with Crippen molar-refractivity contribution in [3.8, 4) is 11.5 Å². The molecule has 0 aliphatic carbocycles. The Hall–Kier alpha value is -4.08. The molecule has 11 heteroatoms. The molecule has 2 aromatic heterocycles. The summed E-state index contributed by atoms with van der Waals surface area (Å²) in [5.74, 6) is 1.40. The average molecular weight is 524 g/mol. The first-order valence-corrected chi connectivity index (χ1v) is 11.4. The van der Waals surface area contributed by atoms with Crippen molar-refractivity contribution in [3.05, 3.63) is 88.9 Å². The molecule has 0 atom stereocenters. The van der Waals surface area contributed by atoms with E-state index in [9.17, 15) is 4.79 Å². The van der Waals surface area contributed by atoms with Crippen LogP contribution in [0.3, 0.4) is 0 Å². The van der Waals surface area contributed by atoms with Crippen LogP contribution in [0.5, 0.6) is 11.5 Å². The van der Waals surface area contributed by atoms with E-state index in [1.54, 1.807) is 36.7 Å². The standard InChI is InChI=1S/C25H21Cl2N6O3/c1-35-18-12-19(36-2)23(27)24(22(18)26)32-25(34)33(14-16-8-10-28-11-9-16)21-13-20(29-15-30-21)31-17-6-4-3-5-7-17/h3-6,8-13,15H,14H2,1-2H3,(H,32,34)(H,29,30,31). The Bertz CT molecular complexity index is 1310. The zero-order valence-corrected chi connectivity index (χ0v) is 20.8. The second-order valence-corrected chi connectivity index (χ2v) is 8.07. The molecule has 183 valence electrons. The van der Waals surface area contributed by atoms with Gasteiger partial charge in [-0.2, -0.15) is 0 Å². The fourth-order valence-corrected chi connectivity index (χ4v) is 3.86. The molecule has 0 bridgehead atoms.